The summed E-state index contributed by atoms with van der Waals surface area (Å²) in [4.78, 5) is 14.5. The number of anilines is 3. The molecule has 0 fully saturated rings. The highest BCUT2D eigenvalue weighted by atomic mass is 16.5. The molecule has 1 heterocycles. The molecule has 0 unspecified atom stereocenters. The van der Waals surface area contributed by atoms with Crippen LogP contribution in [0.4, 0.5) is 17.6 Å². The number of methoxy groups -OCH3 is 1. The molecule has 100 valence electrons. The van der Waals surface area contributed by atoms with Crippen molar-refractivity contribution in [1.29, 1.82) is 0 Å². The molecule has 1 aromatic carbocycles. The van der Waals surface area contributed by atoms with Gasteiger partial charge in [-0.15, -0.1) is 0 Å². The van der Waals surface area contributed by atoms with Gasteiger partial charge in [-0.1, -0.05) is 12.1 Å². The SMILES string of the molecule is CNc1nc(OC)nc(N(C)c2cccc(C)c2)n1. The number of ether oxygens (including phenoxy) is 1. The smallest absolute Gasteiger partial charge is 0.322 e. The van der Waals surface area contributed by atoms with Crippen LogP contribution in [-0.2, 0) is 0 Å². The highest BCUT2D eigenvalue weighted by Crippen LogP contribution is 2.22. The fourth-order valence-electron chi connectivity index (χ4n) is 1.65. The van der Waals surface area contributed by atoms with E-state index in [0.717, 1.165) is 5.69 Å². The summed E-state index contributed by atoms with van der Waals surface area (Å²) in [6, 6.07) is 8.40. The molecule has 6 heteroatoms. The van der Waals surface area contributed by atoms with Gasteiger partial charge in [0.15, 0.2) is 0 Å². The van der Waals surface area contributed by atoms with E-state index in [0.29, 0.717) is 11.9 Å². The Hall–Kier alpha value is -2.37. The summed E-state index contributed by atoms with van der Waals surface area (Å²) in [7, 11) is 5.19. The molecule has 0 aliphatic heterocycles. The molecule has 6 nitrogen and oxygen atoms in total. The predicted molar refractivity (Wildman–Crippen MR) is 75.2 cm³/mol. The van der Waals surface area contributed by atoms with Crippen LogP contribution < -0.4 is 15.0 Å². The van der Waals surface area contributed by atoms with Crippen LogP contribution in [0.3, 0.4) is 0 Å². The summed E-state index contributed by atoms with van der Waals surface area (Å²) >= 11 is 0. The van der Waals surface area contributed by atoms with E-state index >= 15 is 0 Å². The molecule has 0 aliphatic carbocycles. The lowest BCUT2D eigenvalue weighted by Gasteiger charge is -2.18. The topological polar surface area (TPSA) is 63.2 Å². The summed E-state index contributed by atoms with van der Waals surface area (Å²) in [5, 5.41) is 2.89. The lowest BCUT2D eigenvalue weighted by molar-refractivity contribution is 0.379. The van der Waals surface area contributed by atoms with Crippen molar-refractivity contribution in [3.8, 4) is 6.01 Å². The molecule has 19 heavy (non-hydrogen) atoms. The summed E-state index contributed by atoms with van der Waals surface area (Å²) in [6.07, 6.45) is 0. The van der Waals surface area contributed by atoms with E-state index in [1.54, 1.807) is 7.05 Å². The minimum Gasteiger partial charge on any atom is -0.467 e. The second-order valence-corrected chi connectivity index (χ2v) is 4.09. The van der Waals surface area contributed by atoms with Gasteiger partial charge in [-0.2, -0.15) is 15.0 Å². The van der Waals surface area contributed by atoms with E-state index in [4.69, 9.17) is 4.74 Å². The molecular weight excluding hydrogens is 242 g/mol. The molecule has 2 rings (SSSR count). The molecule has 0 amide bonds. The highest BCUT2D eigenvalue weighted by Gasteiger charge is 2.11. The van der Waals surface area contributed by atoms with Crippen molar-refractivity contribution in [1.82, 2.24) is 15.0 Å². The van der Waals surface area contributed by atoms with Gasteiger partial charge in [0.25, 0.3) is 0 Å². The Morgan fingerprint density at radius 3 is 2.63 bits per heavy atom. The lowest BCUT2D eigenvalue weighted by Crippen LogP contribution is -2.15. The fourth-order valence-corrected chi connectivity index (χ4v) is 1.65. The first-order chi connectivity index (χ1) is 9.13. The van der Waals surface area contributed by atoms with Crippen LogP contribution in [0.25, 0.3) is 0 Å². The first kappa shape index (κ1) is 13.1. The van der Waals surface area contributed by atoms with Gasteiger partial charge >= 0.3 is 6.01 Å². The monoisotopic (exact) mass is 259 g/mol. The van der Waals surface area contributed by atoms with Gasteiger partial charge in [0, 0.05) is 19.8 Å². The average molecular weight is 259 g/mol. The van der Waals surface area contributed by atoms with Crippen molar-refractivity contribution in [2.75, 3.05) is 31.4 Å². The van der Waals surface area contributed by atoms with Crippen molar-refractivity contribution >= 4 is 17.6 Å². The minimum absolute atomic E-state index is 0.286. The zero-order valence-corrected chi connectivity index (χ0v) is 11.5. The minimum atomic E-state index is 0.286. The van der Waals surface area contributed by atoms with Gasteiger partial charge in [-0.3, -0.25) is 0 Å². The van der Waals surface area contributed by atoms with Crippen LogP contribution in [0.5, 0.6) is 6.01 Å². The van der Waals surface area contributed by atoms with Crippen molar-refractivity contribution in [2.24, 2.45) is 0 Å². The average Bonchev–Trinajstić information content (AvgIpc) is 2.45. The lowest BCUT2D eigenvalue weighted by atomic mass is 10.2. The molecule has 0 atom stereocenters. The van der Waals surface area contributed by atoms with Crippen LogP contribution in [0.2, 0.25) is 0 Å². The fraction of sp³-hybridized carbons (Fsp3) is 0.308. The van der Waals surface area contributed by atoms with E-state index in [2.05, 4.69) is 26.3 Å². The maximum absolute atomic E-state index is 5.08. The van der Waals surface area contributed by atoms with Crippen LogP contribution in [-0.4, -0.2) is 36.2 Å². The maximum atomic E-state index is 5.08. The Labute approximate surface area is 112 Å². The van der Waals surface area contributed by atoms with E-state index in [1.165, 1.54) is 12.7 Å². The van der Waals surface area contributed by atoms with Gasteiger partial charge in [0.05, 0.1) is 7.11 Å². The van der Waals surface area contributed by atoms with E-state index in [-0.39, 0.29) is 6.01 Å². The summed E-state index contributed by atoms with van der Waals surface area (Å²) in [6.45, 7) is 2.05. The molecule has 0 saturated heterocycles. The van der Waals surface area contributed by atoms with Crippen molar-refractivity contribution in [3.05, 3.63) is 29.8 Å². The van der Waals surface area contributed by atoms with Crippen molar-refractivity contribution in [2.45, 2.75) is 6.92 Å². The standard InChI is InChI=1S/C13H17N5O/c1-9-6-5-7-10(8-9)18(3)12-15-11(14-2)16-13(17-12)19-4/h5-8H,1-4H3,(H,14,15,16,17). The highest BCUT2D eigenvalue weighted by molar-refractivity contribution is 5.58. The number of rotatable bonds is 4. The summed E-state index contributed by atoms with van der Waals surface area (Å²) in [5.74, 6) is 1.00. The number of aromatic nitrogens is 3. The largest absolute Gasteiger partial charge is 0.467 e. The molecule has 0 aliphatic rings. The van der Waals surface area contributed by atoms with Gasteiger partial charge in [-0.25, -0.2) is 0 Å². The molecule has 0 bridgehead atoms. The number of nitrogens with zero attached hydrogens (tertiary/aromatic N) is 4. The normalized spacial score (nSPS) is 10.1. The molecule has 1 N–H and O–H groups in total. The number of hydrogen-bond acceptors (Lipinski definition) is 6. The molecule has 2 aromatic rings. The Bertz CT molecular complexity index is 550. The van der Waals surface area contributed by atoms with Crippen LogP contribution in [0, 0.1) is 6.92 Å². The van der Waals surface area contributed by atoms with Crippen molar-refractivity contribution < 1.29 is 4.74 Å². The zero-order chi connectivity index (χ0) is 13.8. The molecular formula is C13H17N5O. The number of benzene rings is 1. The van der Waals surface area contributed by atoms with Gasteiger partial charge < -0.3 is 15.0 Å². The second kappa shape index (κ2) is 5.51. The third-order valence-corrected chi connectivity index (χ3v) is 2.70. The van der Waals surface area contributed by atoms with Gasteiger partial charge in [-0.05, 0) is 24.6 Å². The maximum Gasteiger partial charge on any atom is 0.322 e. The number of nitrogens with one attached hydrogen (secondary N) is 1. The van der Waals surface area contributed by atoms with E-state index in [9.17, 15) is 0 Å². The van der Waals surface area contributed by atoms with Crippen LogP contribution in [0.15, 0.2) is 24.3 Å². The molecule has 1 aromatic heterocycles. The van der Waals surface area contributed by atoms with Crippen molar-refractivity contribution in [3.63, 3.8) is 0 Å². The van der Waals surface area contributed by atoms with Gasteiger partial charge in [0.2, 0.25) is 11.9 Å². The Morgan fingerprint density at radius 1 is 1.21 bits per heavy atom. The Kier molecular flexibility index (Phi) is 3.79. The Morgan fingerprint density at radius 2 is 2.00 bits per heavy atom. The Balaban J connectivity index is 2.40. The first-order valence-corrected chi connectivity index (χ1v) is 5.92. The van der Waals surface area contributed by atoms with Gasteiger partial charge in [0.1, 0.15) is 0 Å². The molecule has 0 radical (unpaired) electrons. The zero-order valence-electron chi connectivity index (χ0n) is 11.5. The first-order valence-electron chi connectivity index (χ1n) is 5.92. The predicted octanol–water partition coefficient (Wildman–Crippen LogP) is 2.00. The van der Waals surface area contributed by atoms with Crippen LogP contribution in [0.1, 0.15) is 5.56 Å². The third-order valence-electron chi connectivity index (χ3n) is 2.70. The third kappa shape index (κ3) is 2.90. The summed E-state index contributed by atoms with van der Waals surface area (Å²) < 4.78 is 5.08. The van der Waals surface area contributed by atoms with E-state index in [1.807, 2.05) is 37.1 Å². The van der Waals surface area contributed by atoms with Crippen LogP contribution >= 0.6 is 0 Å². The summed E-state index contributed by atoms with van der Waals surface area (Å²) in [5.41, 5.74) is 2.19. The number of hydrogen-bond donors (Lipinski definition) is 1. The molecule has 0 spiro atoms. The molecule has 0 saturated carbocycles. The van der Waals surface area contributed by atoms with E-state index < -0.39 is 0 Å². The number of aryl methyl sites for hydroxylation is 1. The second-order valence-electron chi connectivity index (χ2n) is 4.09. The quantitative estimate of drug-likeness (QED) is 0.906.